The average molecular weight is 346 g/mol. The number of hydrogen-bond acceptors (Lipinski definition) is 3. The molecule has 0 aliphatic carbocycles. The van der Waals surface area contributed by atoms with E-state index in [0.29, 0.717) is 24.9 Å². The van der Waals surface area contributed by atoms with Crippen LogP contribution >= 0.6 is 0 Å². The average Bonchev–Trinajstić information content (AvgIpc) is 2.68. The molecule has 0 bridgehead atoms. The lowest BCUT2D eigenvalue weighted by Gasteiger charge is -2.28. The first-order valence-electron chi connectivity index (χ1n) is 8.95. The highest BCUT2D eigenvalue weighted by molar-refractivity contribution is 5.25. The molecule has 0 spiro atoms. The van der Waals surface area contributed by atoms with Gasteiger partial charge in [0.2, 0.25) is 5.43 Å². The van der Waals surface area contributed by atoms with Gasteiger partial charge in [0.05, 0.1) is 6.20 Å². The molecule has 3 aromatic rings. The maximum Gasteiger partial charge on any atom is 0.223 e. The van der Waals surface area contributed by atoms with Gasteiger partial charge in [-0.05, 0) is 17.5 Å². The van der Waals surface area contributed by atoms with Crippen LogP contribution in [0.25, 0.3) is 0 Å². The number of benzene rings is 2. The van der Waals surface area contributed by atoms with E-state index in [1.807, 2.05) is 42.6 Å². The molecule has 0 saturated heterocycles. The van der Waals surface area contributed by atoms with Gasteiger partial charge in [-0.1, -0.05) is 60.7 Å². The Balaban J connectivity index is 1.48. The number of fused-ring (bicyclic) bond motifs is 1. The van der Waals surface area contributed by atoms with Gasteiger partial charge in [-0.3, -0.25) is 4.79 Å². The monoisotopic (exact) mass is 346 g/mol. The van der Waals surface area contributed by atoms with E-state index in [-0.39, 0.29) is 5.43 Å². The third kappa shape index (κ3) is 3.86. The SMILES string of the molecule is O=c1cc2n(cc1OCc1ccccc1)CC(Cc1ccccc1)NC2. The van der Waals surface area contributed by atoms with Crippen molar-refractivity contribution in [2.75, 3.05) is 0 Å². The first-order chi connectivity index (χ1) is 12.8. The van der Waals surface area contributed by atoms with Gasteiger partial charge in [-0.25, -0.2) is 0 Å². The second-order valence-electron chi connectivity index (χ2n) is 6.69. The predicted molar refractivity (Wildman–Crippen MR) is 102 cm³/mol. The zero-order valence-corrected chi connectivity index (χ0v) is 14.6. The fourth-order valence-corrected chi connectivity index (χ4v) is 3.35. The van der Waals surface area contributed by atoms with Gasteiger partial charge in [-0.15, -0.1) is 0 Å². The summed E-state index contributed by atoms with van der Waals surface area (Å²) in [4.78, 5) is 12.3. The van der Waals surface area contributed by atoms with Crippen molar-refractivity contribution in [1.29, 1.82) is 0 Å². The quantitative estimate of drug-likeness (QED) is 0.772. The van der Waals surface area contributed by atoms with Crippen LogP contribution in [0.3, 0.4) is 0 Å². The highest BCUT2D eigenvalue weighted by Gasteiger charge is 2.19. The number of ether oxygens (including phenoxy) is 1. The molecule has 0 radical (unpaired) electrons. The largest absolute Gasteiger partial charge is 0.483 e. The van der Waals surface area contributed by atoms with Crippen LogP contribution in [0.5, 0.6) is 5.75 Å². The minimum Gasteiger partial charge on any atom is -0.483 e. The minimum atomic E-state index is -0.0597. The molecule has 1 aliphatic heterocycles. The molecule has 2 heterocycles. The molecule has 4 heteroatoms. The van der Waals surface area contributed by atoms with E-state index in [1.54, 1.807) is 6.07 Å². The molecule has 0 amide bonds. The molecular formula is C22H22N2O2. The number of aromatic nitrogens is 1. The van der Waals surface area contributed by atoms with Crippen LogP contribution in [-0.2, 0) is 26.1 Å². The summed E-state index contributed by atoms with van der Waals surface area (Å²) in [5.74, 6) is 0.415. The number of pyridine rings is 1. The van der Waals surface area contributed by atoms with E-state index in [2.05, 4.69) is 34.1 Å². The summed E-state index contributed by atoms with van der Waals surface area (Å²) < 4.78 is 7.93. The first-order valence-corrected chi connectivity index (χ1v) is 8.95. The Hall–Kier alpha value is -2.85. The van der Waals surface area contributed by atoms with Crippen LogP contribution in [0.4, 0.5) is 0 Å². The lowest BCUT2D eigenvalue weighted by Crippen LogP contribution is -2.41. The second kappa shape index (κ2) is 7.58. The summed E-state index contributed by atoms with van der Waals surface area (Å²) in [6.45, 7) is 1.93. The molecule has 4 rings (SSSR count). The molecule has 1 atom stereocenters. The number of nitrogens with one attached hydrogen (secondary N) is 1. The maximum atomic E-state index is 12.3. The molecule has 0 saturated carbocycles. The van der Waals surface area contributed by atoms with E-state index >= 15 is 0 Å². The van der Waals surface area contributed by atoms with Crippen molar-refractivity contribution in [3.05, 3.63) is 100.0 Å². The van der Waals surface area contributed by atoms with E-state index in [4.69, 9.17) is 4.74 Å². The van der Waals surface area contributed by atoms with E-state index in [1.165, 1.54) is 5.56 Å². The number of rotatable bonds is 5. The van der Waals surface area contributed by atoms with Crippen molar-refractivity contribution in [3.63, 3.8) is 0 Å². The summed E-state index contributed by atoms with van der Waals surface area (Å²) in [6.07, 6.45) is 2.83. The number of hydrogen-bond donors (Lipinski definition) is 1. The summed E-state index contributed by atoms with van der Waals surface area (Å²) >= 11 is 0. The summed E-state index contributed by atoms with van der Waals surface area (Å²) in [7, 11) is 0. The third-order valence-corrected chi connectivity index (χ3v) is 4.73. The molecule has 1 N–H and O–H groups in total. The first kappa shape index (κ1) is 16.6. The Labute approximate surface area is 153 Å². The van der Waals surface area contributed by atoms with Crippen molar-refractivity contribution in [3.8, 4) is 5.75 Å². The van der Waals surface area contributed by atoms with Crippen LogP contribution in [0.1, 0.15) is 16.8 Å². The summed E-state index contributed by atoms with van der Waals surface area (Å²) in [6, 6.07) is 22.4. The normalized spacial score (nSPS) is 16.1. The molecule has 1 aliphatic rings. The van der Waals surface area contributed by atoms with E-state index < -0.39 is 0 Å². The molecule has 1 unspecified atom stereocenters. The van der Waals surface area contributed by atoms with Gasteiger partial charge in [-0.2, -0.15) is 0 Å². The van der Waals surface area contributed by atoms with E-state index in [9.17, 15) is 4.79 Å². The molecule has 4 nitrogen and oxygen atoms in total. The molecule has 0 fully saturated rings. The van der Waals surface area contributed by atoms with Crippen molar-refractivity contribution >= 4 is 0 Å². The van der Waals surface area contributed by atoms with Crippen LogP contribution in [0, 0.1) is 0 Å². The lowest BCUT2D eigenvalue weighted by molar-refractivity contribution is 0.295. The highest BCUT2D eigenvalue weighted by Crippen LogP contribution is 2.16. The van der Waals surface area contributed by atoms with Gasteiger partial charge in [0.1, 0.15) is 6.61 Å². The van der Waals surface area contributed by atoms with Crippen LogP contribution in [0.2, 0.25) is 0 Å². The molecular weight excluding hydrogens is 324 g/mol. The maximum absolute atomic E-state index is 12.3. The van der Waals surface area contributed by atoms with Crippen LogP contribution in [0.15, 0.2) is 77.7 Å². The Morgan fingerprint density at radius 1 is 1.00 bits per heavy atom. The van der Waals surface area contributed by atoms with Gasteiger partial charge >= 0.3 is 0 Å². The van der Waals surface area contributed by atoms with Crippen molar-refractivity contribution < 1.29 is 4.74 Å². The third-order valence-electron chi connectivity index (χ3n) is 4.73. The Morgan fingerprint density at radius 2 is 1.69 bits per heavy atom. The van der Waals surface area contributed by atoms with Gasteiger partial charge in [0.25, 0.3) is 0 Å². The lowest BCUT2D eigenvalue weighted by atomic mass is 10.0. The predicted octanol–water partition coefficient (Wildman–Crippen LogP) is 3.14. The molecule has 26 heavy (non-hydrogen) atoms. The highest BCUT2D eigenvalue weighted by atomic mass is 16.5. The number of nitrogens with zero attached hydrogens (tertiary/aromatic N) is 1. The van der Waals surface area contributed by atoms with E-state index in [0.717, 1.165) is 24.2 Å². The smallest absolute Gasteiger partial charge is 0.223 e. The van der Waals surface area contributed by atoms with Crippen LogP contribution < -0.4 is 15.5 Å². The fraction of sp³-hybridized carbons (Fsp3) is 0.227. The van der Waals surface area contributed by atoms with Crippen molar-refractivity contribution in [2.24, 2.45) is 0 Å². The Kier molecular flexibility index (Phi) is 4.84. The Bertz CT molecular complexity index is 920. The zero-order chi connectivity index (χ0) is 17.8. The van der Waals surface area contributed by atoms with Crippen molar-refractivity contribution in [1.82, 2.24) is 9.88 Å². The molecule has 2 aromatic carbocycles. The van der Waals surface area contributed by atoms with Gasteiger partial charge < -0.3 is 14.6 Å². The summed E-state index contributed by atoms with van der Waals surface area (Å²) in [5.41, 5.74) is 3.31. The second-order valence-corrected chi connectivity index (χ2v) is 6.69. The van der Waals surface area contributed by atoms with Gasteiger partial charge in [0, 0.05) is 30.9 Å². The standard InChI is InChI=1S/C22H22N2O2/c25-21-12-20-13-23-19(11-17-7-3-1-4-8-17)14-24(20)15-22(21)26-16-18-9-5-2-6-10-18/h1-10,12,15,19,23H,11,13-14,16H2. The summed E-state index contributed by atoms with van der Waals surface area (Å²) in [5, 5.41) is 3.53. The molecule has 132 valence electrons. The van der Waals surface area contributed by atoms with Gasteiger partial charge in [0.15, 0.2) is 5.75 Å². The minimum absolute atomic E-state index is 0.0597. The van der Waals surface area contributed by atoms with Crippen LogP contribution in [-0.4, -0.2) is 10.6 Å². The van der Waals surface area contributed by atoms with Crippen molar-refractivity contribution in [2.45, 2.75) is 32.2 Å². The Morgan fingerprint density at radius 3 is 2.42 bits per heavy atom. The molecule has 1 aromatic heterocycles. The zero-order valence-electron chi connectivity index (χ0n) is 14.6. The fourth-order valence-electron chi connectivity index (χ4n) is 3.35. The topological polar surface area (TPSA) is 43.3 Å².